The largest absolute Gasteiger partial charge is 0.504 e. The molecule has 112 valence electrons. The summed E-state index contributed by atoms with van der Waals surface area (Å²) in [6.07, 6.45) is 6.57. The summed E-state index contributed by atoms with van der Waals surface area (Å²) in [6.45, 7) is 2.39. The number of hydrogen-bond acceptors (Lipinski definition) is 4. The van der Waals surface area contributed by atoms with Crippen LogP contribution >= 0.6 is 15.9 Å². The van der Waals surface area contributed by atoms with Crippen molar-refractivity contribution in [1.82, 2.24) is 4.90 Å². The first kappa shape index (κ1) is 15.6. The quantitative estimate of drug-likeness (QED) is 0.497. The van der Waals surface area contributed by atoms with Crippen LogP contribution < -0.4 is 0 Å². The van der Waals surface area contributed by atoms with Crippen LogP contribution in [-0.4, -0.2) is 47.3 Å². The number of phenols is 2. The third kappa shape index (κ3) is 4.34. The van der Waals surface area contributed by atoms with Crippen LogP contribution in [0.3, 0.4) is 0 Å². The lowest BCUT2D eigenvalue weighted by Gasteiger charge is -2.25. The first-order chi connectivity index (χ1) is 10.1. The average molecular weight is 354 g/mol. The van der Waals surface area contributed by atoms with E-state index in [4.69, 9.17) is 4.74 Å². The summed E-state index contributed by atoms with van der Waals surface area (Å²) in [7, 11) is 0. The fourth-order valence-electron chi connectivity index (χ4n) is 1.88. The van der Waals surface area contributed by atoms with Crippen molar-refractivity contribution in [2.45, 2.75) is 0 Å². The molecule has 0 aromatic heterocycles. The Bertz CT molecular complexity index is 577. The van der Waals surface area contributed by atoms with Gasteiger partial charge in [0.1, 0.15) is 0 Å². The first-order valence-corrected chi connectivity index (χ1v) is 7.30. The fraction of sp³-hybridized carbons (Fsp3) is 0.267. The lowest BCUT2D eigenvalue weighted by atomic mass is 10.2. The molecule has 1 aromatic carbocycles. The van der Waals surface area contributed by atoms with E-state index in [1.54, 1.807) is 23.1 Å². The molecule has 2 N–H and O–H groups in total. The summed E-state index contributed by atoms with van der Waals surface area (Å²) in [6, 6.07) is 2.85. The van der Waals surface area contributed by atoms with Crippen molar-refractivity contribution in [2.75, 3.05) is 26.3 Å². The van der Waals surface area contributed by atoms with Gasteiger partial charge in [0.25, 0.3) is 0 Å². The minimum Gasteiger partial charge on any atom is -0.504 e. The van der Waals surface area contributed by atoms with Gasteiger partial charge >= 0.3 is 0 Å². The number of ether oxygens (including phenoxy) is 1. The Kier molecular flexibility index (Phi) is 5.41. The Morgan fingerprint density at radius 1 is 1.19 bits per heavy atom. The molecule has 1 aliphatic heterocycles. The summed E-state index contributed by atoms with van der Waals surface area (Å²) in [5.74, 6) is -0.418. The molecule has 0 saturated carbocycles. The Morgan fingerprint density at radius 3 is 2.57 bits per heavy atom. The van der Waals surface area contributed by atoms with Crippen LogP contribution in [0.2, 0.25) is 0 Å². The molecule has 0 spiro atoms. The Morgan fingerprint density at radius 2 is 1.86 bits per heavy atom. The van der Waals surface area contributed by atoms with Crippen molar-refractivity contribution in [3.8, 4) is 11.5 Å². The maximum absolute atomic E-state index is 11.8. The summed E-state index contributed by atoms with van der Waals surface area (Å²) in [5.41, 5.74) is 0.703. The monoisotopic (exact) mass is 353 g/mol. The van der Waals surface area contributed by atoms with Crippen molar-refractivity contribution < 1.29 is 19.7 Å². The summed E-state index contributed by atoms with van der Waals surface area (Å²) in [4.78, 5) is 13.6. The topological polar surface area (TPSA) is 70.0 Å². The molecule has 1 aliphatic rings. The smallest absolute Gasteiger partial charge is 0.246 e. The molecule has 1 amide bonds. The first-order valence-electron chi connectivity index (χ1n) is 6.51. The van der Waals surface area contributed by atoms with Gasteiger partial charge in [-0.25, -0.2) is 0 Å². The van der Waals surface area contributed by atoms with E-state index in [1.165, 1.54) is 18.2 Å². The Balaban J connectivity index is 1.97. The van der Waals surface area contributed by atoms with E-state index in [1.807, 2.05) is 0 Å². The van der Waals surface area contributed by atoms with E-state index in [0.29, 0.717) is 36.3 Å². The highest BCUT2D eigenvalue weighted by Gasteiger charge is 2.13. The van der Waals surface area contributed by atoms with Crippen LogP contribution in [0.4, 0.5) is 0 Å². The Labute approximate surface area is 131 Å². The molecule has 2 rings (SSSR count). The van der Waals surface area contributed by atoms with Crippen LogP contribution in [0, 0.1) is 0 Å². The van der Waals surface area contributed by atoms with Gasteiger partial charge in [-0.15, -0.1) is 0 Å². The van der Waals surface area contributed by atoms with Gasteiger partial charge in [-0.05, 0) is 17.7 Å². The summed E-state index contributed by atoms with van der Waals surface area (Å²) >= 11 is 3.29. The standard InChI is InChI=1S/C15H16BrNO4/c16-12-10-14(19)13(18)9-11(12)3-1-2-4-15(20)17-5-7-21-8-6-17/h1-4,9-10,18-19H,5-8H2/b3-1+,4-2+. The number of halogens is 1. The molecule has 1 heterocycles. The van der Waals surface area contributed by atoms with Crippen LogP contribution in [0.1, 0.15) is 5.56 Å². The second-order valence-corrected chi connectivity index (χ2v) is 5.37. The lowest BCUT2D eigenvalue weighted by molar-refractivity contribution is -0.129. The number of nitrogens with zero attached hydrogens (tertiary/aromatic N) is 1. The number of allylic oxidation sites excluding steroid dienone is 2. The number of carbonyl (C=O) groups is 1. The van der Waals surface area contributed by atoms with Gasteiger partial charge in [0.15, 0.2) is 11.5 Å². The zero-order chi connectivity index (χ0) is 15.2. The van der Waals surface area contributed by atoms with Crippen LogP contribution in [0.5, 0.6) is 11.5 Å². The van der Waals surface area contributed by atoms with Crippen molar-refractivity contribution >= 4 is 27.9 Å². The van der Waals surface area contributed by atoms with E-state index >= 15 is 0 Å². The van der Waals surface area contributed by atoms with Gasteiger partial charge < -0.3 is 19.8 Å². The number of morpholine rings is 1. The SMILES string of the molecule is O=C(/C=C/C=C/c1cc(O)c(O)cc1Br)N1CCOCC1. The predicted molar refractivity (Wildman–Crippen MR) is 83.0 cm³/mol. The minimum absolute atomic E-state index is 0.0458. The van der Waals surface area contributed by atoms with E-state index in [9.17, 15) is 15.0 Å². The molecule has 1 saturated heterocycles. The molecule has 21 heavy (non-hydrogen) atoms. The predicted octanol–water partition coefficient (Wildman–Crippen LogP) is 2.29. The molecule has 0 radical (unpaired) electrons. The van der Waals surface area contributed by atoms with Crippen LogP contribution in [0.25, 0.3) is 6.08 Å². The molecule has 0 atom stereocenters. The van der Waals surface area contributed by atoms with Crippen molar-refractivity contribution in [3.63, 3.8) is 0 Å². The molecular weight excluding hydrogens is 338 g/mol. The molecule has 6 heteroatoms. The number of amides is 1. The molecular formula is C15H16BrNO4. The number of phenolic OH excluding ortho intramolecular Hbond substituents is 2. The van der Waals surface area contributed by atoms with Crippen molar-refractivity contribution in [1.29, 1.82) is 0 Å². The maximum atomic E-state index is 11.8. The molecule has 5 nitrogen and oxygen atoms in total. The third-order valence-electron chi connectivity index (χ3n) is 3.04. The van der Waals surface area contributed by atoms with Gasteiger partial charge in [0.05, 0.1) is 13.2 Å². The molecule has 0 bridgehead atoms. The molecule has 1 fully saturated rings. The fourth-order valence-corrected chi connectivity index (χ4v) is 2.34. The molecule has 0 unspecified atom stereocenters. The summed E-state index contributed by atoms with van der Waals surface area (Å²) in [5, 5.41) is 18.8. The Hall–Kier alpha value is -1.79. The van der Waals surface area contributed by atoms with E-state index in [0.717, 1.165) is 0 Å². The number of aromatic hydroxyl groups is 2. The molecule has 0 aliphatic carbocycles. The number of carbonyl (C=O) groups excluding carboxylic acids is 1. The van der Waals surface area contributed by atoms with Gasteiger partial charge in [0.2, 0.25) is 5.91 Å². The van der Waals surface area contributed by atoms with Crippen LogP contribution in [0.15, 0.2) is 34.8 Å². The van der Waals surface area contributed by atoms with Crippen molar-refractivity contribution in [2.24, 2.45) is 0 Å². The van der Waals surface area contributed by atoms with Gasteiger partial charge in [-0.1, -0.05) is 34.2 Å². The molecule has 1 aromatic rings. The van der Waals surface area contributed by atoms with E-state index in [-0.39, 0.29) is 17.4 Å². The lowest BCUT2D eigenvalue weighted by Crippen LogP contribution is -2.39. The normalized spacial score (nSPS) is 16.0. The minimum atomic E-state index is -0.189. The van der Waals surface area contributed by atoms with Crippen LogP contribution in [-0.2, 0) is 9.53 Å². The second-order valence-electron chi connectivity index (χ2n) is 4.52. The van der Waals surface area contributed by atoms with Gasteiger partial charge in [-0.2, -0.15) is 0 Å². The zero-order valence-corrected chi connectivity index (χ0v) is 12.9. The highest BCUT2D eigenvalue weighted by Crippen LogP contribution is 2.32. The van der Waals surface area contributed by atoms with Gasteiger partial charge in [-0.3, -0.25) is 4.79 Å². The highest BCUT2D eigenvalue weighted by atomic mass is 79.9. The van der Waals surface area contributed by atoms with E-state index in [2.05, 4.69) is 15.9 Å². The maximum Gasteiger partial charge on any atom is 0.246 e. The third-order valence-corrected chi connectivity index (χ3v) is 3.73. The van der Waals surface area contributed by atoms with Crippen molar-refractivity contribution in [3.05, 3.63) is 40.4 Å². The number of benzene rings is 1. The average Bonchev–Trinajstić information content (AvgIpc) is 2.49. The highest BCUT2D eigenvalue weighted by molar-refractivity contribution is 9.10. The van der Waals surface area contributed by atoms with Gasteiger partial charge in [0, 0.05) is 23.6 Å². The number of hydrogen-bond donors (Lipinski definition) is 2. The van der Waals surface area contributed by atoms with E-state index < -0.39 is 0 Å². The summed E-state index contributed by atoms with van der Waals surface area (Å²) < 4.78 is 5.84. The number of rotatable bonds is 3. The zero-order valence-electron chi connectivity index (χ0n) is 11.3. The second kappa shape index (κ2) is 7.28.